The molecule has 6 nitrogen and oxygen atoms in total. The zero-order chi connectivity index (χ0) is 18.4. The molecule has 1 N–H and O–H groups in total. The largest absolute Gasteiger partial charge is 0.335 e. The number of hydrogen-bond donors (Lipinski definition) is 1. The highest BCUT2D eigenvalue weighted by Gasteiger charge is 2.33. The quantitative estimate of drug-likeness (QED) is 0.871. The van der Waals surface area contributed by atoms with E-state index in [1.54, 1.807) is 43.1 Å². The third-order valence-electron chi connectivity index (χ3n) is 4.32. The summed E-state index contributed by atoms with van der Waals surface area (Å²) in [4.78, 5) is 40.0. The van der Waals surface area contributed by atoms with Crippen LogP contribution in [-0.2, 0) is 14.4 Å². The fraction of sp³-hybridized carbons (Fsp3) is 0.500. The predicted molar refractivity (Wildman–Crippen MR) is 97.4 cm³/mol. The molecular weight excluding hydrogens is 342 g/mol. The highest BCUT2D eigenvalue weighted by Crippen LogP contribution is 2.21. The molecule has 1 aromatic carbocycles. The number of nitrogens with zero attached hydrogens (tertiary/aromatic N) is 2. The monoisotopic (exact) mass is 365 g/mol. The molecule has 2 rings (SSSR count). The number of nitrogens with one attached hydrogen (secondary N) is 1. The number of rotatable bonds is 5. The summed E-state index contributed by atoms with van der Waals surface area (Å²) in [5.74, 6) is -0.545. The number of piperidine rings is 1. The highest BCUT2D eigenvalue weighted by atomic mass is 35.5. The van der Waals surface area contributed by atoms with Crippen LogP contribution in [0.2, 0.25) is 5.02 Å². The van der Waals surface area contributed by atoms with E-state index >= 15 is 0 Å². The van der Waals surface area contributed by atoms with Crippen molar-refractivity contribution in [2.75, 3.05) is 25.5 Å². The maximum Gasteiger partial charge on any atom is 0.245 e. The van der Waals surface area contributed by atoms with Gasteiger partial charge >= 0.3 is 0 Å². The molecule has 1 heterocycles. The number of likely N-dealkylation sites (N-methyl/N-ethyl adjacent to an activating group) is 1. The lowest BCUT2D eigenvalue weighted by atomic mass is 10.0. The summed E-state index contributed by atoms with van der Waals surface area (Å²) in [6.07, 6.45) is 2.83. The van der Waals surface area contributed by atoms with Crippen LogP contribution in [0, 0.1) is 0 Å². The number of hydrogen-bond acceptors (Lipinski definition) is 3. The van der Waals surface area contributed by atoms with Crippen LogP contribution in [0.1, 0.15) is 32.6 Å². The van der Waals surface area contributed by atoms with E-state index in [4.69, 9.17) is 11.6 Å². The maximum absolute atomic E-state index is 12.7. The fourth-order valence-corrected chi connectivity index (χ4v) is 3.17. The number of para-hydroxylation sites is 1. The van der Waals surface area contributed by atoms with Crippen LogP contribution in [0.3, 0.4) is 0 Å². The van der Waals surface area contributed by atoms with Gasteiger partial charge in [-0.05, 0) is 31.4 Å². The standard InChI is InChI=1S/C18H24ClN3O3/c1-3-17(24)22-11-7-6-10-15(22)18(25)21(2)12-16(23)20-14-9-5-4-8-13(14)19/h4-5,8-9,15H,3,6-7,10-12H2,1-2H3,(H,20,23). The van der Waals surface area contributed by atoms with Gasteiger partial charge in [-0.25, -0.2) is 0 Å². The Kier molecular flexibility index (Phi) is 6.82. The molecule has 0 saturated carbocycles. The minimum absolute atomic E-state index is 0.0213. The normalized spacial score (nSPS) is 17.1. The summed E-state index contributed by atoms with van der Waals surface area (Å²) in [6, 6.07) is 6.45. The van der Waals surface area contributed by atoms with Crippen LogP contribution in [-0.4, -0.2) is 53.7 Å². The van der Waals surface area contributed by atoms with E-state index < -0.39 is 6.04 Å². The molecule has 7 heteroatoms. The van der Waals surface area contributed by atoms with Crippen molar-refractivity contribution >= 4 is 35.0 Å². The Hall–Kier alpha value is -2.08. The van der Waals surface area contributed by atoms with Crippen LogP contribution in [0.5, 0.6) is 0 Å². The summed E-state index contributed by atoms with van der Waals surface area (Å²) in [6.45, 7) is 2.30. The summed E-state index contributed by atoms with van der Waals surface area (Å²) >= 11 is 6.02. The molecule has 1 atom stereocenters. The molecule has 1 aliphatic heterocycles. The average Bonchev–Trinajstić information content (AvgIpc) is 2.62. The number of amides is 3. The van der Waals surface area contributed by atoms with Crippen LogP contribution >= 0.6 is 11.6 Å². The van der Waals surface area contributed by atoms with Gasteiger partial charge in [0.2, 0.25) is 17.7 Å². The van der Waals surface area contributed by atoms with Gasteiger partial charge in [-0.1, -0.05) is 30.7 Å². The number of carbonyl (C=O) groups is 3. The third-order valence-corrected chi connectivity index (χ3v) is 4.65. The predicted octanol–water partition coefficient (Wildman–Crippen LogP) is 2.53. The first kappa shape index (κ1) is 19.2. The number of benzene rings is 1. The van der Waals surface area contributed by atoms with Gasteiger partial charge in [-0.15, -0.1) is 0 Å². The fourth-order valence-electron chi connectivity index (χ4n) is 2.99. The zero-order valence-corrected chi connectivity index (χ0v) is 15.4. The van der Waals surface area contributed by atoms with Crippen LogP contribution < -0.4 is 5.32 Å². The van der Waals surface area contributed by atoms with Gasteiger partial charge in [0.05, 0.1) is 17.3 Å². The van der Waals surface area contributed by atoms with Crippen LogP contribution in [0.4, 0.5) is 5.69 Å². The molecule has 0 radical (unpaired) electrons. The molecule has 1 unspecified atom stereocenters. The Morgan fingerprint density at radius 3 is 2.68 bits per heavy atom. The van der Waals surface area contributed by atoms with Crippen molar-refractivity contribution < 1.29 is 14.4 Å². The van der Waals surface area contributed by atoms with Crippen molar-refractivity contribution in [2.24, 2.45) is 0 Å². The van der Waals surface area contributed by atoms with Crippen molar-refractivity contribution in [3.8, 4) is 0 Å². The third kappa shape index (κ3) is 4.95. The first-order valence-corrected chi connectivity index (χ1v) is 8.90. The summed E-state index contributed by atoms with van der Waals surface area (Å²) in [5.41, 5.74) is 0.510. The van der Waals surface area contributed by atoms with E-state index in [9.17, 15) is 14.4 Å². The SMILES string of the molecule is CCC(=O)N1CCCCC1C(=O)N(C)CC(=O)Nc1ccccc1Cl. The Labute approximate surface area is 153 Å². The number of likely N-dealkylation sites (tertiary alicyclic amines) is 1. The summed E-state index contributed by atoms with van der Waals surface area (Å²) in [7, 11) is 1.58. The topological polar surface area (TPSA) is 69.7 Å². The number of anilines is 1. The first-order chi connectivity index (χ1) is 11.9. The lowest BCUT2D eigenvalue weighted by Gasteiger charge is -2.36. The molecule has 1 aliphatic rings. The van der Waals surface area contributed by atoms with Crippen molar-refractivity contribution in [3.63, 3.8) is 0 Å². The van der Waals surface area contributed by atoms with Crippen LogP contribution in [0.15, 0.2) is 24.3 Å². The molecule has 1 fully saturated rings. The summed E-state index contributed by atoms with van der Waals surface area (Å²) in [5, 5.41) is 3.14. The number of carbonyl (C=O) groups excluding carboxylic acids is 3. The molecule has 1 saturated heterocycles. The van der Waals surface area contributed by atoms with Crippen molar-refractivity contribution in [1.29, 1.82) is 0 Å². The molecule has 25 heavy (non-hydrogen) atoms. The van der Waals surface area contributed by atoms with Crippen molar-refractivity contribution in [1.82, 2.24) is 9.80 Å². The lowest BCUT2D eigenvalue weighted by Crippen LogP contribution is -2.53. The molecule has 1 aromatic rings. The van der Waals surface area contributed by atoms with Gasteiger partial charge in [-0.2, -0.15) is 0 Å². The molecule has 0 aromatic heterocycles. The average molecular weight is 366 g/mol. The van der Waals surface area contributed by atoms with Gasteiger partial charge < -0.3 is 15.1 Å². The highest BCUT2D eigenvalue weighted by molar-refractivity contribution is 6.33. The van der Waals surface area contributed by atoms with Gasteiger partial charge in [0, 0.05) is 20.0 Å². The molecule has 0 spiro atoms. The molecular formula is C18H24ClN3O3. The molecule has 3 amide bonds. The number of halogens is 1. The van der Waals surface area contributed by atoms with Gasteiger partial charge in [0.15, 0.2) is 0 Å². The second-order valence-corrected chi connectivity index (χ2v) is 6.58. The lowest BCUT2D eigenvalue weighted by molar-refractivity contribution is -0.147. The van der Waals surface area contributed by atoms with E-state index in [0.717, 1.165) is 12.8 Å². The zero-order valence-electron chi connectivity index (χ0n) is 14.6. The maximum atomic E-state index is 12.7. The minimum Gasteiger partial charge on any atom is -0.335 e. The van der Waals surface area contributed by atoms with E-state index in [-0.39, 0.29) is 24.3 Å². The van der Waals surface area contributed by atoms with Crippen LogP contribution in [0.25, 0.3) is 0 Å². The second-order valence-electron chi connectivity index (χ2n) is 6.17. The van der Waals surface area contributed by atoms with Gasteiger partial charge in [0.1, 0.15) is 6.04 Å². The van der Waals surface area contributed by atoms with Crippen molar-refractivity contribution in [2.45, 2.75) is 38.6 Å². The van der Waals surface area contributed by atoms with Gasteiger partial charge in [0.25, 0.3) is 0 Å². The Morgan fingerprint density at radius 1 is 1.28 bits per heavy atom. The van der Waals surface area contributed by atoms with Crippen molar-refractivity contribution in [3.05, 3.63) is 29.3 Å². The van der Waals surface area contributed by atoms with E-state index in [0.29, 0.717) is 30.1 Å². The minimum atomic E-state index is -0.473. The first-order valence-electron chi connectivity index (χ1n) is 8.52. The smallest absolute Gasteiger partial charge is 0.245 e. The Balaban J connectivity index is 1.97. The molecule has 136 valence electrons. The van der Waals surface area contributed by atoms with E-state index in [1.807, 2.05) is 0 Å². The van der Waals surface area contributed by atoms with Gasteiger partial charge in [-0.3, -0.25) is 14.4 Å². The molecule has 0 aliphatic carbocycles. The summed E-state index contributed by atoms with van der Waals surface area (Å²) < 4.78 is 0. The Bertz CT molecular complexity index is 650. The van der Waals surface area contributed by atoms with E-state index in [2.05, 4.69) is 5.32 Å². The van der Waals surface area contributed by atoms with E-state index in [1.165, 1.54) is 4.90 Å². The Morgan fingerprint density at radius 2 is 2.00 bits per heavy atom. The second kappa shape index (κ2) is 8.85. The molecule has 0 bridgehead atoms.